The number of ether oxygens (including phenoxy) is 1. The van der Waals surface area contributed by atoms with E-state index in [4.69, 9.17) is 15.5 Å². The topological polar surface area (TPSA) is 51.4 Å². The highest BCUT2D eigenvalue weighted by Gasteiger charge is 2.17. The number of aromatic nitrogens is 1. The minimum Gasteiger partial charge on any atom is -0.385 e. The van der Waals surface area contributed by atoms with Crippen LogP contribution in [-0.4, -0.2) is 32.3 Å². The summed E-state index contributed by atoms with van der Waals surface area (Å²) in [5.41, 5.74) is 8.04. The third kappa shape index (κ3) is 4.80. The first-order valence-electron chi connectivity index (χ1n) is 6.80. The molecule has 0 fully saturated rings. The molecule has 1 heterocycles. The Morgan fingerprint density at radius 1 is 1.32 bits per heavy atom. The molecular formula is C15H27N3O. The predicted octanol–water partition coefficient (Wildman–Crippen LogP) is 2.31. The van der Waals surface area contributed by atoms with Crippen LogP contribution in [0.1, 0.15) is 38.4 Å². The molecule has 0 aliphatic heterocycles. The number of anilines is 1. The average Bonchev–Trinajstić information content (AvgIpc) is 2.37. The number of nitrogens with two attached hydrogens (primary N) is 1. The molecule has 1 aromatic heterocycles. The lowest BCUT2D eigenvalue weighted by molar-refractivity contribution is 0.196. The molecule has 0 radical (unpaired) electrons. The molecule has 4 nitrogen and oxygen atoms in total. The number of nitrogens with zero attached hydrogens (tertiary/aromatic N) is 2. The van der Waals surface area contributed by atoms with Crippen molar-refractivity contribution in [1.82, 2.24) is 4.98 Å². The summed E-state index contributed by atoms with van der Waals surface area (Å²) in [6.07, 6.45) is 0.992. The minimum absolute atomic E-state index is 0.0350. The Bertz CT molecular complexity index is 399. The highest BCUT2D eigenvalue weighted by molar-refractivity contribution is 5.43. The van der Waals surface area contributed by atoms with Crippen LogP contribution in [0.4, 0.5) is 5.82 Å². The van der Waals surface area contributed by atoms with Gasteiger partial charge in [-0.25, -0.2) is 4.98 Å². The van der Waals surface area contributed by atoms with Crippen LogP contribution in [0.25, 0.3) is 0 Å². The summed E-state index contributed by atoms with van der Waals surface area (Å²) in [5, 5.41) is 0. The van der Waals surface area contributed by atoms with Crippen molar-refractivity contribution >= 4 is 5.82 Å². The van der Waals surface area contributed by atoms with Gasteiger partial charge in [0.15, 0.2) is 0 Å². The molecule has 0 spiro atoms. The van der Waals surface area contributed by atoms with Gasteiger partial charge in [0, 0.05) is 45.0 Å². The predicted molar refractivity (Wildman–Crippen MR) is 80.6 cm³/mol. The van der Waals surface area contributed by atoms with E-state index < -0.39 is 0 Å². The monoisotopic (exact) mass is 265 g/mol. The molecule has 108 valence electrons. The van der Waals surface area contributed by atoms with Crippen molar-refractivity contribution in [2.45, 2.75) is 39.2 Å². The fourth-order valence-corrected chi connectivity index (χ4v) is 1.83. The zero-order chi connectivity index (χ0) is 14.5. The summed E-state index contributed by atoms with van der Waals surface area (Å²) in [6.45, 7) is 8.76. The van der Waals surface area contributed by atoms with E-state index >= 15 is 0 Å². The third-order valence-corrected chi connectivity index (χ3v) is 3.11. The first-order chi connectivity index (χ1) is 8.88. The molecule has 0 unspecified atom stereocenters. The van der Waals surface area contributed by atoms with Crippen molar-refractivity contribution in [2.24, 2.45) is 5.73 Å². The second kappa shape index (κ2) is 6.87. The smallest absolute Gasteiger partial charge is 0.128 e. The lowest BCUT2D eigenvalue weighted by Gasteiger charge is -2.24. The van der Waals surface area contributed by atoms with Gasteiger partial charge in [0.25, 0.3) is 0 Å². The molecule has 0 aromatic carbocycles. The van der Waals surface area contributed by atoms with Crippen molar-refractivity contribution in [3.8, 4) is 0 Å². The molecule has 0 atom stereocenters. The van der Waals surface area contributed by atoms with E-state index in [1.807, 2.05) is 0 Å². The Morgan fingerprint density at radius 2 is 2.00 bits per heavy atom. The van der Waals surface area contributed by atoms with Crippen LogP contribution in [0.5, 0.6) is 0 Å². The third-order valence-electron chi connectivity index (χ3n) is 3.11. The Morgan fingerprint density at radius 3 is 2.53 bits per heavy atom. The fraction of sp³-hybridized carbons (Fsp3) is 0.667. The first-order valence-corrected chi connectivity index (χ1v) is 6.80. The highest BCUT2D eigenvalue weighted by Crippen LogP contribution is 2.24. The van der Waals surface area contributed by atoms with Crippen molar-refractivity contribution in [3.63, 3.8) is 0 Å². The summed E-state index contributed by atoms with van der Waals surface area (Å²) < 4.78 is 5.08. The van der Waals surface area contributed by atoms with Gasteiger partial charge in [0.2, 0.25) is 0 Å². The largest absolute Gasteiger partial charge is 0.385 e. The van der Waals surface area contributed by atoms with Crippen LogP contribution in [0.15, 0.2) is 12.1 Å². The summed E-state index contributed by atoms with van der Waals surface area (Å²) >= 11 is 0. The van der Waals surface area contributed by atoms with Gasteiger partial charge in [0.1, 0.15) is 5.82 Å². The number of hydrogen-bond donors (Lipinski definition) is 1. The summed E-state index contributed by atoms with van der Waals surface area (Å²) in [7, 11) is 3.79. The molecule has 0 bridgehead atoms. The van der Waals surface area contributed by atoms with Crippen molar-refractivity contribution in [1.29, 1.82) is 0 Å². The maximum Gasteiger partial charge on any atom is 0.128 e. The lowest BCUT2D eigenvalue weighted by atomic mass is 9.90. The van der Waals surface area contributed by atoms with Gasteiger partial charge >= 0.3 is 0 Å². The maximum absolute atomic E-state index is 5.79. The maximum atomic E-state index is 5.79. The van der Waals surface area contributed by atoms with E-state index in [0.29, 0.717) is 6.54 Å². The summed E-state index contributed by atoms with van der Waals surface area (Å²) in [4.78, 5) is 6.92. The van der Waals surface area contributed by atoms with Crippen LogP contribution in [0, 0.1) is 0 Å². The van der Waals surface area contributed by atoms with Gasteiger partial charge in [-0.3, -0.25) is 0 Å². The molecule has 0 aliphatic rings. The molecule has 0 saturated heterocycles. The van der Waals surface area contributed by atoms with E-state index in [0.717, 1.165) is 36.6 Å². The first kappa shape index (κ1) is 15.9. The van der Waals surface area contributed by atoms with Crippen LogP contribution in [0.2, 0.25) is 0 Å². The average molecular weight is 265 g/mol. The summed E-state index contributed by atoms with van der Waals surface area (Å²) in [5.74, 6) is 0.990. The lowest BCUT2D eigenvalue weighted by Crippen LogP contribution is -2.23. The number of methoxy groups -OCH3 is 1. The standard InChI is InChI=1S/C15H27N3O/c1-15(2,3)13-9-12(11-16)10-14(17-13)18(4)7-6-8-19-5/h9-10H,6-8,11,16H2,1-5H3. The SMILES string of the molecule is COCCCN(C)c1cc(CN)cc(C(C)(C)C)n1. The molecule has 19 heavy (non-hydrogen) atoms. The summed E-state index contributed by atoms with van der Waals surface area (Å²) in [6, 6.07) is 4.18. The van der Waals surface area contributed by atoms with E-state index in [1.165, 1.54) is 0 Å². The van der Waals surface area contributed by atoms with Crippen LogP contribution in [-0.2, 0) is 16.7 Å². The Labute approximate surface area is 117 Å². The van der Waals surface area contributed by atoms with Gasteiger partial charge in [-0.1, -0.05) is 20.8 Å². The van der Waals surface area contributed by atoms with Crippen molar-refractivity contribution < 1.29 is 4.74 Å². The van der Waals surface area contributed by atoms with E-state index in [2.05, 4.69) is 44.9 Å². The number of rotatable bonds is 6. The van der Waals surface area contributed by atoms with E-state index in [-0.39, 0.29) is 5.41 Å². The van der Waals surface area contributed by atoms with Gasteiger partial charge in [-0.2, -0.15) is 0 Å². The van der Waals surface area contributed by atoms with E-state index in [9.17, 15) is 0 Å². The quantitative estimate of drug-likeness (QED) is 0.802. The van der Waals surface area contributed by atoms with Crippen LogP contribution in [0.3, 0.4) is 0 Å². The zero-order valence-corrected chi connectivity index (χ0v) is 12.9. The molecule has 1 rings (SSSR count). The van der Waals surface area contributed by atoms with Gasteiger partial charge < -0.3 is 15.4 Å². The molecular weight excluding hydrogens is 238 g/mol. The normalized spacial score (nSPS) is 11.7. The van der Waals surface area contributed by atoms with E-state index in [1.54, 1.807) is 7.11 Å². The number of hydrogen-bond acceptors (Lipinski definition) is 4. The number of pyridine rings is 1. The van der Waals surface area contributed by atoms with Gasteiger partial charge in [0.05, 0.1) is 0 Å². The molecule has 0 amide bonds. The van der Waals surface area contributed by atoms with Crippen LogP contribution >= 0.6 is 0 Å². The Hall–Kier alpha value is -1.13. The second-order valence-corrected chi connectivity index (χ2v) is 5.94. The van der Waals surface area contributed by atoms with Gasteiger partial charge in [-0.05, 0) is 24.1 Å². The highest BCUT2D eigenvalue weighted by atomic mass is 16.5. The minimum atomic E-state index is 0.0350. The van der Waals surface area contributed by atoms with Crippen LogP contribution < -0.4 is 10.6 Å². The molecule has 1 aromatic rings. The van der Waals surface area contributed by atoms with Gasteiger partial charge in [-0.15, -0.1) is 0 Å². The fourth-order valence-electron chi connectivity index (χ4n) is 1.83. The Balaban J connectivity index is 2.93. The second-order valence-electron chi connectivity index (χ2n) is 5.94. The van der Waals surface area contributed by atoms with Crippen molar-refractivity contribution in [3.05, 3.63) is 23.4 Å². The zero-order valence-electron chi connectivity index (χ0n) is 12.9. The van der Waals surface area contributed by atoms with Crippen molar-refractivity contribution in [2.75, 3.05) is 32.2 Å². The molecule has 0 aliphatic carbocycles. The molecule has 2 N–H and O–H groups in total. The molecule has 0 saturated carbocycles. The molecule has 4 heteroatoms. The Kier molecular flexibility index (Phi) is 5.76.